The highest BCUT2D eigenvalue weighted by atomic mass is 16.4. The van der Waals surface area contributed by atoms with E-state index in [-0.39, 0.29) is 19.3 Å². The number of hydrogen-bond donors (Lipinski definition) is 8. The number of aliphatic carboxylic acids is 2. The molecule has 0 heterocycles. The van der Waals surface area contributed by atoms with Crippen molar-refractivity contribution in [1.82, 2.24) is 16.0 Å². The number of nitrogens with one attached hydrogen (secondary N) is 3. The predicted molar refractivity (Wildman–Crippen MR) is 126 cm³/mol. The van der Waals surface area contributed by atoms with E-state index in [1.165, 1.54) is 0 Å². The van der Waals surface area contributed by atoms with Gasteiger partial charge in [0, 0.05) is 12.8 Å². The van der Waals surface area contributed by atoms with Gasteiger partial charge in [-0.3, -0.25) is 28.8 Å². The van der Waals surface area contributed by atoms with Crippen molar-refractivity contribution in [3.8, 4) is 0 Å². The third-order valence-corrected chi connectivity index (χ3v) is 4.98. The van der Waals surface area contributed by atoms with Gasteiger partial charge in [0.25, 0.3) is 0 Å². The number of carbonyl (C=O) groups is 7. The summed E-state index contributed by atoms with van der Waals surface area (Å²) in [6.45, 7) is 0. The Morgan fingerprint density at radius 1 is 0.730 bits per heavy atom. The molecule has 4 atom stereocenters. The Morgan fingerprint density at radius 3 is 1.78 bits per heavy atom. The highest BCUT2D eigenvalue weighted by molar-refractivity contribution is 5.96. The molecule has 15 heteroatoms. The van der Waals surface area contributed by atoms with E-state index in [1.54, 1.807) is 30.3 Å². The van der Waals surface area contributed by atoms with Crippen LogP contribution in [-0.4, -0.2) is 75.9 Å². The first-order chi connectivity index (χ1) is 17.3. The normalized spacial score (nSPS) is 13.8. The Labute approximate surface area is 211 Å². The molecular weight excluding hydrogens is 492 g/mol. The first-order valence-electron chi connectivity index (χ1n) is 11.0. The molecule has 0 aromatic heterocycles. The maximum atomic E-state index is 13.0. The second-order valence-corrected chi connectivity index (χ2v) is 8.09. The minimum absolute atomic E-state index is 0.115. The van der Waals surface area contributed by atoms with Gasteiger partial charge in [0.05, 0.1) is 18.9 Å². The van der Waals surface area contributed by atoms with Gasteiger partial charge in [-0.05, 0) is 12.0 Å². The fraction of sp³-hybridized carbons (Fsp3) is 0.409. The first-order valence-corrected chi connectivity index (χ1v) is 11.0. The van der Waals surface area contributed by atoms with E-state index >= 15 is 0 Å². The van der Waals surface area contributed by atoms with E-state index in [1.807, 2.05) is 0 Å². The van der Waals surface area contributed by atoms with Crippen LogP contribution in [0.1, 0.15) is 31.2 Å². The summed E-state index contributed by atoms with van der Waals surface area (Å²) >= 11 is 0. The van der Waals surface area contributed by atoms with Crippen molar-refractivity contribution in [3.05, 3.63) is 35.9 Å². The highest BCUT2D eigenvalue weighted by Gasteiger charge is 2.31. The quantitative estimate of drug-likeness (QED) is 0.107. The lowest BCUT2D eigenvalue weighted by atomic mass is 10.0. The van der Waals surface area contributed by atoms with Crippen LogP contribution < -0.4 is 33.2 Å². The molecule has 4 unspecified atom stereocenters. The summed E-state index contributed by atoms with van der Waals surface area (Å²) in [6, 6.07) is 2.30. The largest absolute Gasteiger partial charge is 0.481 e. The number of benzene rings is 1. The standard InChI is InChI=1S/C22H30N6O9/c23-12(9-18(31)32)19(33)27-15(10-17(25)30)21(35)28-14(8-11-4-2-1-3-5-11)20(34)26-13(22(36)37)6-7-16(24)29/h1-5,12-15H,6-10,23H2,(H2,24,29)(H2,25,30)(H,26,34)(H,27,33)(H,28,35)(H,31,32)(H,36,37). The number of rotatable bonds is 16. The summed E-state index contributed by atoms with van der Waals surface area (Å²) in [5, 5.41) is 24.9. The third kappa shape index (κ3) is 11.6. The van der Waals surface area contributed by atoms with Crippen molar-refractivity contribution >= 4 is 41.5 Å². The van der Waals surface area contributed by atoms with E-state index in [0.717, 1.165) is 0 Å². The number of primary amides is 2. The Morgan fingerprint density at radius 2 is 1.27 bits per heavy atom. The van der Waals surface area contributed by atoms with Crippen LogP contribution in [0, 0.1) is 0 Å². The number of hydrogen-bond acceptors (Lipinski definition) is 8. The van der Waals surface area contributed by atoms with E-state index < -0.39 is 78.5 Å². The first kappa shape index (κ1) is 30.5. The Hall–Kier alpha value is -4.53. The molecule has 1 aromatic rings. The number of amides is 5. The summed E-state index contributed by atoms with van der Waals surface area (Å²) in [5.41, 5.74) is 16.3. The molecule has 0 radical (unpaired) electrons. The number of nitrogens with two attached hydrogens (primary N) is 3. The van der Waals surface area contributed by atoms with Gasteiger partial charge in [-0.2, -0.15) is 0 Å². The zero-order valence-electron chi connectivity index (χ0n) is 19.7. The van der Waals surface area contributed by atoms with Gasteiger partial charge in [0.1, 0.15) is 18.1 Å². The molecule has 0 bridgehead atoms. The second-order valence-electron chi connectivity index (χ2n) is 8.09. The fourth-order valence-electron chi connectivity index (χ4n) is 3.12. The van der Waals surface area contributed by atoms with Crippen molar-refractivity contribution < 1.29 is 43.8 Å². The van der Waals surface area contributed by atoms with Crippen LogP contribution >= 0.6 is 0 Å². The lowest BCUT2D eigenvalue weighted by Crippen LogP contribution is -2.58. The molecule has 11 N–H and O–H groups in total. The molecule has 0 fully saturated rings. The molecule has 1 rings (SSSR count). The van der Waals surface area contributed by atoms with Gasteiger partial charge in [0.2, 0.25) is 29.5 Å². The van der Waals surface area contributed by atoms with Crippen LogP contribution in [0.5, 0.6) is 0 Å². The van der Waals surface area contributed by atoms with Gasteiger partial charge in [-0.1, -0.05) is 30.3 Å². The topological polar surface area (TPSA) is 274 Å². The zero-order valence-corrected chi connectivity index (χ0v) is 19.7. The summed E-state index contributed by atoms with van der Waals surface area (Å²) < 4.78 is 0. The molecule has 0 spiro atoms. The molecule has 5 amide bonds. The Kier molecular flexibility index (Phi) is 12.2. The van der Waals surface area contributed by atoms with Crippen molar-refractivity contribution in [3.63, 3.8) is 0 Å². The zero-order chi connectivity index (χ0) is 28.1. The van der Waals surface area contributed by atoms with Crippen LogP contribution in [0.2, 0.25) is 0 Å². The maximum absolute atomic E-state index is 13.0. The van der Waals surface area contributed by atoms with Crippen LogP contribution in [0.15, 0.2) is 30.3 Å². The lowest BCUT2D eigenvalue weighted by Gasteiger charge is -2.25. The second kappa shape index (κ2) is 14.8. The van der Waals surface area contributed by atoms with Gasteiger partial charge >= 0.3 is 11.9 Å². The smallest absolute Gasteiger partial charge is 0.326 e. The van der Waals surface area contributed by atoms with Crippen LogP contribution in [0.25, 0.3) is 0 Å². The Bertz CT molecular complexity index is 1020. The number of carboxylic acids is 2. The minimum atomic E-state index is -1.61. The van der Waals surface area contributed by atoms with Gasteiger partial charge in [0.15, 0.2) is 0 Å². The molecule has 202 valence electrons. The van der Waals surface area contributed by atoms with Gasteiger partial charge in [-0.15, -0.1) is 0 Å². The molecule has 0 aliphatic heterocycles. The van der Waals surface area contributed by atoms with E-state index in [4.69, 9.17) is 22.3 Å². The molecule has 0 saturated carbocycles. The van der Waals surface area contributed by atoms with Crippen molar-refractivity contribution in [2.24, 2.45) is 17.2 Å². The van der Waals surface area contributed by atoms with E-state index in [9.17, 15) is 38.7 Å². The van der Waals surface area contributed by atoms with Gasteiger partial charge in [-0.25, -0.2) is 4.79 Å². The summed E-state index contributed by atoms with van der Waals surface area (Å²) in [6.07, 6.45) is -2.19. The van der Waals surface area contributed by atoms with Crippen LogP contribution in [0.3, 0.4) is 0 Å². The van der Waals surface area contributed by atoms with E-state index in [2.05, 4.69) is 16.0 Å². The molecule has 37 heavy (non-hydrogen) atoms. The SMILES string of the molecule is NC(=O)CCC(NC(=O)C(Cc1ccccc1)NC(=O)C(CC(N)=O)NC(=O)C(N)CC(=O)O)C(=O)O. The highest BCUT2D eigenvalue weighted by Crippen LogP contribution is 2.07. The Balaban J connectivity index is 3.13. The van der Waals surface area contributed by atoms with Gasteiger partial charge < -0.3 is 43.4 Å². The minimum Gasteiger partial charge on any atom is -0.481 e. The predicted octanol–water partition coefficient (Wildman–Crippen LogP) is -3.29. The summed E-state index contributed by atoms with van der Waals surface area (Å²) in [5.74, 6) is -7.59. The lowest BCUT2D eigenvalue weighted by molar-refractivity contribution is -0.142. The van der Waals surface area contributed by atoms with Crippen molar-refractivity contribution in [2.45, 2.75) is 56.3 Å². The third-order valence-electron chi connectivity index (χ3n) is 4.98. The molecular formula is C22H30N6O9. The molecule has 0 saturated heterocycles. The summed E-state index contributed by atoms with van der Waals surface area (Å²) in [7, 11) is 0. The van der Waals surface area contributed by atoms with Crippen LogP contribution in [0.4, 0.5) is 0 Å². The average Bonchev–Trinajstić information content (AvgIpc) is 2.80. The van der Waals surface area contributed by atoms with Crippen molar-refractivity contribution in [1.29, 1.82) is 0 Å². The molecule has 0 aliphatic carbocycles. The van der Waals surface area contributed by atoms with E-state index in [0.29, 0.717) is 5.56 Å². The molecule has 15 nitrogen and oxygen atoms in total. The molecule has 0 aliphatic rings. The van der Waals surface area contributed by atoms with Crippen LogP contribution in [-0.2, 0) is 40.0 Å². The summed E-state index contributed by atoms with van der Waals surface area (Å²) in [4.78, 5) is 83.0. The monoisotopic (exact) mass is 522 g/mol. The number of carbonyl (C=O) groups excluding carboxylic acids is 5. The number of carboxylic acid groups (broad SMARTS) is 2. The van der Waals surface area contributed by atoms with Crippen molar-refractivity contribution in [2.75, 3.05) is 0 Å². The molecule has 1 aromatic carbocycles. The average molecular weight is 523 g/mol. The maximum Gasteiger partial charge on any atom is 0.326 e. The fourth-order valence-corrected chi connectivity index (χ4v) is 3.12.